The molecule has 0 bridgehead atoms. The minimum Gasteiger partial charge on any atom is -0.296 e. The molecule has 0 radical (unpaired) electrons. The summed E-state index contributed by atoms with van der Waals surface area (Å²) in [6, 6.07) is 13.7. The second-order valence-corrected chi connectivity index (χ2v) is 8.25. The molecular formula is C22H16ClFN4O2S. The van der Waals surface area contributed by atoms with E-state index in [2.05, 4.69) is 15.4 Å². The number of benzene rings is 2. The Bertz CT molecular complexity index is 1320. The number of thiazole rings is 1. The lowest BCUT2D eigenvalue weighted by atomic mass is 10.1. The van der Waals surface area contributed by atoms with Crippen LogP contribution >= 0.6 is 22.9 Å². The Kier molecular flexibility index (Phi) is 5.92. The van der Waals surface area contributed by atoms with Gasteiger partial charge in [0.1, 0.15) is 11.5 Å². The van der Waals surface area contributed by atoms with Crippen LogP contribution in [0.25, 0.3) is 5.69 Å². The summed E-state index contributed by atoms with van der Waals surface area (Å²) >= 11 is 7.69. The number of carbonyl (C=O) groups is 1. The van der Waals surface area contributed by atoms with Gasteiger partial charge in [0.05, 0.1) is 5.69 Å². The molecule has 1 amide bonds. The average Bonchev–Trinajstić information content (AvgIpc) is 3.19. The van der Waals surface area contributed by atoms with E-state index in [1.54, 1.807) is 6.20 Å². The van der Waals surface area contributed by atoms with E-state index in [9.17, 15) is 14.0 Å². The summed E-state index contributed by atoms with van der Waals surface area (Å²) in [5.41, 5.74) is 1.93. The summed E-state index contributed by atoms with van der Waals surface area (Å²) in [4.78, 5) is 29.9. The molecule has 2 aromatic carbocycles. The van der Waals surface area contributed by atoms with E-state index >= 15 is 0 Å². The zero-order valence-electron chi connectivity index (χ0n) is 16.3. The van der Waals surface area contributed by atoms with Gasteiger partial charge in [-0.15, -0.1) is 11.3 Å². The summed E-state index contributed by atoms with van der Waals surface area (Å²) in [6.07, 6.45) is 2.29. The normalized spacial score (nSPS) is 10.8. The minimum absolute atomic E-state index is 0.0300. The number of hydrogen-bond donors (Lipinski definition) is 1. The van der Waals surface area contributed by atoms with Gasteiger partial charge >= 0.3 is 0 Å². The van der Waals surface area contributed by atoms with Crippen molar-refractivity contribution in [2.75, 3.05) is 5.32 Å². The first-order valence-corrected chi connectivity index (χ1v) is 10.5. The van der Waals surface area contributed by atoms with E-state index in [4.69, 9.17) is 11.6 Å². The maximum Gasteiger partial charge on any atom is 0.277 e. The lowest BCUT2D eigenvalue weighted by Crippen LogP contribution is -2.24. The SMILES string of the molecule is Cc1cccc(Cc2cnc(NC(=O)c3ccc(=O)n(-c4ccc(F)cc4)n3)s2)c1Cl. The summed E-state index contributed by atoms with van der Waals surface area (Å²) in [5, 5.41) is 7.91. The molecular weight excluding hydrogens is 439 g/mol. The van der Waals surface area contributed by atoms with Crippen molar-refractivity contribution < 1.29 is 9.18 Å². The Balaban J connectivity index is 1.51. The molecule has 0 fully saturated rings. The Morgan fingerprint density at radius 2 is 1.94 bits per heavy atom. The monoisotopic (exact) mass is 454 g/mol. The molecule has 2 heterocycles. The summed E-state index contributed by atoms with van der Waals surface area (Å²) in [6.45, 7) is 1.95. The molecule has 0 saturated heterocycles. The van der Waals surface area contributed by atoms with Crippen LogP contribution in [0, 0.1) is 12.7 Å². The first kappa shape index (κ1) is 20.9. The highest BCUT2D eigenvalue weighted by Crippen LogP contribution is 2.26. The molecule has 4 aromatic rings. The quantitative estimate of drug-likeness (QED) is 0.477. The fourth-order valence-electron chi connectivity index (χ4n) is 2.94. The molecule has 0 saturated carbocycles. The van der Waals surface area contributed by atoms with Crippen molar-refractivity contribution in [1.29, 1.82) is 0 Å². The number of anilines is 1. The van der Waals surface area contributed by atoms with Gasteiger partial charge in [0, 0.05) is 28.6 Å². The number of aryl methyl sites for hydroxylation is 1. The molecule has 1 N–H and O–H groups in total. The van der Waals surface area contributed by atoms with Crippen LogP contribution < -0.4 is 10.9 Å². The highest BCUT2D eigenvalue weighted by molar-refractivity contribution is 7.15. The number of nitrogens with one attached hydrogen (secondary N) is 1. The first-order chi connectivity index (χ1) is 14.9. The number of halogens is 2. The largest absolute Gasteiger partial charge is 0.296 e. The fraction of sp³-hybridized carbons (Fsp3) is 0.0909. The van der Waals surface area contributed by atoms with Crippen LogP contribution in [0.5, 0.6) is 0 Å². The minimum atomic E-state index is -0.509. The van der Waals surface area contributed by atoms with Gasteiger partial charge in [-0.1, -0.05) is 29.8 Å². The van der Waals surface area contributed by atoms with E-state index in [1.165, 1.54) is 47.7 Å². The third-order valence-electron chi connectivity index (χ3n) is 4.51. The predicted molar refractivity (Wildman–Crippen MR) is 119 cm³/mol. The van der Waals surface area contributed by atoms with E-state index < -0.39 is 17.3 Å². The van der Waals surface area contributed by atoms with Gasteiger partial charge in [-0.05, 0) is 48.4 Å². The average molecular weight is 455 g/mol. The zero-order valence-corrected chi connectivity index (χ0v) is 17.9. The molecule has 31 heavy (non-hydrogen) atoms. The molecule has 9 heteroatoms. The maximum atomic E-state index is 13.1. The molecule has 156 valence electrons. The highest BCUT2D eigenvalue weighted by Gasteiger charge is 2.14. The van der Waals surface area contributed by atoms with E-state index in [-0.39, 0.29) is 5.69 Å². The number of amides is 1. The Morgan fingerprint density at radius 3 is 2.71 bits per heavy atom. The second-order valence-electron chi connectivity index (χ2n) is 6.76. The standard InChI is InChI=1S/C22H16ClFN4O2S/c1-13-3-2-4-14(20(13)23)11-17-12-25-22(31-17)26-21(30)18-9-10-19(29)28(27-18)16-7-5-15(24)6-8-16/h2-10,12H,11H2,1H3,(H,25,26,30). The van der Waals surface area contributed by atoms with Gasteiger partial charge in [0.25, 0.3) is 11.5 Å². The number of hydrogen-bond acceptors (Lipinski definition) is 5. The topological polar surface area (TPSA) is 76.9 Å². The molecule has 0 atom stereocenters. The van der Waals surface area contributed by atoms with Gasteiger partial charge in [-0.25, -0.2) is 9.37 Å². The Labute approximate surface area is 186 Å². The number of rotatable bonds is 5. The van der Waals surface area contributed by atoms with Crippen molar-refractivity contribution in [3.63, 3.8) is 0 Å². The van der Waals surface area contributed by atoms with Crippen LogP contribution in [0.3, 0.4) is 0 Å². The number of carbonyl (C=O) groups excluding carboxylic acids is 1. The lowest BCUT2D eigenvalue weighted by molar-refractivity contribution is 0.102. The molecule has 6 nitrogen and oxygen atoms in total. The van der Waals surface area contributed by atoms with Crippen LogP contribution in [0.15, 0.2) is 65.6 Å². The van der Waals surface area contributed by atoms with Crippen molar-refractivity contribution in [2.24, 2.45) is 0 Å². The second kappa shape index (κ2) is 8.79. The van der Waals surface area contributed by atoms with Gasteiger partial charge in [0.2, 0.25) is 0 Å². The van der Waals surface area contributed by atoms with Crippen molar-refractivity contribution in [3.8, 4) is 5.69 Å². The molecule has 4 rings (SSSR count). The van der Waals surface area contributed by atoms with Gasteiger partial charge in [-0.3, -0.25) is 14.9 Å². The van der Waals surface area contributed by atoms with E-state index in [0.717, 1.165) is 20.7 Å². The van der Waals surface area contributed by atoms with Crippen LogP contribution in [0.2, 0.25) is 5.02 Å². The molecule has 2 aromatic heterocycles. The Hall–Kier alpha value is -3.36. The van der Waals surface area contributed by atoms with Crippen molar-refractivity contribution in [3.05, 3.63) is 104 Å². The van der Waals surface area contributed by atoms with Gasteiger partial charge < -0.3 is 0 Å². The van der Waals surface area contributed by atoms with Crippen molar-refractivity contribution >= 4 is 34.0 Å². The molecule has 0 aliphatic carbocycles. The molecule has 0 aliphatic heterocycles. The summed E-state index contributed by atoms with van der Waals surface area (Å²) in [7, 11) is 0. The zero-order chi connectivity index (χ0) is 22.0. The summed E-state index contributed by atoms with van der Waals surface area (Å²) in [5.74, 6) is -0.942. The lowest BCUT2D eigenvalue weighted by Gasteiger charge is -2.07. The maximum absolute atomic E-state index is 13.1. The molecule has 0 spiro atoms. The van der Waals surface area contributed by atoms with Crippen LogP contribution in [0.1, 0.15) is 26.5 Å². The van der Waals surface area contributed by atoms with Gasteiger partial charge in [0.15, 0.2) is 5.13 Å². The fourth-order valence-corrected chi connectivity index (χ4v) is 3.96. The number of aromatic nitrogens is 3. The highest BCUT2D eigenvalue weighted by atomic mass is 35.5. The first-order valence-electron chi connectivity index (χ1n) is 9.27. The molecule has 0 unspecified atom stereocenters. The predicted octanol–water partition coefficient (Wildman–Crippen LogP) is 4.63. The van der Waals surface area contributed by atoms with Gasteiger partial charge in [-0.2, -0.15) is 9.78 Å². The van der Waals surface area contributed by atoms with Crippen LogP contribution in [-0.4, -0.2) is 20.7 Å². The number of nitrogens with zero attached hydrogens (tertiary/aromatic N) is 3. The van der Waals surface area contributed by atoms with Crippen LogP contribution in [0.4, 0.5) is 9.52 Å². The third-order valence-corrected chi connectivity index (χ3v) is 5.97. The van der Waals surface area contributed by atoms with Crippen molar-refractivity contribution in [1.82, 2.24) is 14.8 Å². The Morgan fingerprint density at radius 1 is 1.16 bits per heavy atom. The third kappa shape index (κ3) is 4.70. The smallest absolute Gasteiger partial charge is 0.277 e. The summed E-state index contributed by atoms with van der Waals surface area (Å²) < 4.78 is 14.2. The van der Waals surface area contributed by atoms with E-state index in [0.29, 0.717) is 22.3 Å². The van der Waals surface area contributed by atoms with Crippen LogP contribution in [-0.2, 0) is 6.42 Å². The van der Waals surface area contributed by atoms with E-state index in [1.807, 2.05) is 25.1 Å². The van der Waals surface area contributed by atoms with Crippen molar-refractivity contribution in [2.45, 2.75) is 13.3 Å². The molecule has 0 aliphatic rings.